The van der Waals surface area contributed by atoms with Crippen LogP contribution in [0.4, 0.5) is 4.79 Å². The van der Waals surface area contributed by atoms with E-state index < -0.39 is 0 Å². The van der Waals surface area contributed by atoms with Crippen molar-refractivity contribution in [3.05, 3.63) is 0 Å². The normalized spacial score (nSPS) is 9.00. The molecule has 0 rings (SSSR count). The Morgan fingerprint density at radius 2 is 1.60 bits per heavy atom. The molecule has 0 radical (unpaired) electrons. The average molecular weight is 148 g/mol. The van der Waals surface area contributed by atoms with Gasteiger partial charge in [0.2, 0.25) is 0 Å². The summed E-state index contributed by atoms with van der Waals surface area (Å²) in [7, 11) is 2.99. The fourth-order valence-electron chi connectivity index (χ4n) is 0.338. The Morgan fingerprint density at radius 3 is 1.90 bits per heavy atom. The molecule has 10 heavy (non-hydrogen) atoms. The van der Waals surface area contributed by atoms with E-state index in [0.717, 1.165) is 0 Å². The summed E-state index contributed by atoms with van der Waals surface area (Å²) in [5, 5.41) is 4.83. The van der Waals surface area contributed by atoms with Gasteiger partial charge in [-0.3, -0.25) is 0 Å². The number of carbonyl (C=O) groups excluding carboxylic acids is 1. The monoisotopic (exact) mass is 148 g/mol. The first-order valence-electron chi connectivity index (χ1n) is 2.81. The fraction of sp³-hybridized carbons (Fsp3) is 0.800. The van der Waals surface area contributed by atoms with Crippen LogP contribution in [0.25, 0.3) is 0 Å². The molecule has 2 N–H and O–H groups in total. The molecule has 0 bridgehead atoms. The smallest absolute Gasteiger partial charge is 0.318 e. The van der Waals surface area contributed by atoms with Gasteiger partial charge in [-0.25, -0.2) is 4.79 Å². The lowest BCUT2D eigenvalue weighted by molar-refractivity contribution is 0.154. The van der Waals surface area contributed by atoms with Crippen LogP contribution in [-0.2, 0) is 9.47 Å². The predicted octanol–water partition coefficient (Wildman–Crippen LogP) is -0.507. The highest BCUT2D eigenvalue weighted by atomic mass is 16.5. The molecule has 0 aliphatic heterocycles. The summed E-state index contributed by atoms with van der Waals surface area (Å²) in [4.78, 5) is 10.6. The van der Waals surface area contributed by atoms with Crippen LogP contribution in [0.15, 0.2) is 0 Å². The van der Waals surface area contributed by atoms with Crippen molar-refractivity contribution in [1.82, 2.24) is 10.6 Å². The van der Waals surface area contributed by atoms with Gasteiger partial charge < -0.3 is 20.1 Å². The predicted molar refractivity (Wildman–Crippen MR) is 35.4 cm³/mol. The minimum absolute atomic E-state index is 0.204. The molecule has 0 saturated carbocycles. The second kappa shape index (κ2) is 6.31. The molecular formula is C5H12N2O3. The summed E-state index contributed by atoms with van der Waals surface area (Å²) in [5.41, 5.74) is 0. The van der Waals surface area contributed by atoms with Crippen molar-refractivity contribution in [3.63, 3.8) is 0 Å². The van der Waals surface area contributed by atoms with E-state index in [2.05, 4.69) is 20.1 Å². The quantitative estimate of drug-likeness (QED) is 0.528. The molecule has 0 aliphatic carbocycles. The maximum absolute atomic E-state index is 10.6. The summed E-state index contributed by atoms with van der Waals surface area (Å²) in [6.07, 6.45) is 0. The number of carbonyl (C=O) groups is 1. The van der Waals surface area contributed by atoms with E-state index in [4.69, 9.17) is 0 Å². The summed E-state index contributed by atoms with van der Waals surface area (Å²) in [6.45, 7) is 0.408. The first-order valence-corrected chi connectivity index (χ1v) is 2.81. The first kappa shape index (κ1) is 9.19. The van der Waals surface area contributed by atoms with Gasteiger partial charge in [-0.2, -0.15) is 0 Å². The second-order valence-corrected chi connectivity index (χ2v) is 1.55. The third kappa shape index (κ3) is 5.33. The summed E-state index contributed by atoms with van der Waals surface area (Å²) in [5.74, 6) is 0. The molecular weight excluding hydrogens is 136 g/mol. The third-order valence-electron chi connectivity index (χ3n) is 0.754. The molecule has 2 amide bonds. The highest BCUT2D eigenvalue weighted by Gasteiger charge is 1.94. The van der Waals surface area contributed by atoms with Gasteiger partial charge in [0.05, 0.1) is 0 Å². The van der Waals surface area contributed by atoms with Crippen LogP contribution in [0.5, 0.6) is 0 Å². The summed E-state index contributed by atoms with van der Waals surface area (Å²) >= 11 is 0. The van der Waals surface area contributed by atoms with Crippen LogP contribution in [-0.4, -0.2) is 33.7 Å². The molecule has 0 unspecified atom stereocenters. The summed E-state index contributed by atoms with van der Waals surface area (Å²) < 4.78 is 9.16. The summed E-state index contributed by atoms with van der Waals surface area (Å²) in [6, 6.07) is -0.302. The number of methoxy groups -OCH3 is 2. The minimum Gasteiger partial charge on any atom is -0.364 e. The first-order chi connectivity index (χ1) is 4.81. The van der Waals surface area contributed by atoms with Gasteiger partial charge in [-0.15, -0.1) is 0 Å². The van der Waals surface area contributed by atoms with Gasteiger partial charge in [-0.05, 0) is 0 Å². The van der Waals surface area contributed by atoms with Crippen LogP contribution in [0.2, 0.25) is 0 Å². The minimum atomic E-state index is -0.302. The zero-order chi connectivity index (χ0) is 7.82. The molecule has 0 aliphatic rings. The van der Waals surface area contributed by atoms with E-state index in [1.165, 1.54) is 14.2 Å². The molecule has 0 spiro atoms. The molecule has 0 saturated heterocycles. The fourth-order valence-corrected chi connectivity index (χ4v) is 0.338. The Kier molecular flexibility index (Phi) is 5.80. The van der Waals surface area contributed by atoms with Crippen LogP contribution in [0, 0.1) is 0 Å². The van der Waals surface area contributed by atoms with Crippen molar-refractivity contribution in [2.24, 2.45) is 0 Å². The number of amides is 2. The highest BCUT2D eigenvalue weighted by molar-refractivity contribution is 5.73. The zero-order valence-electron chi connectivity index (χ0n) is 6.14. The maximum atomic E-state index is 10.6. The molecule has 0 heterocycles. The number of ether oxygens (including phenoxy) is 2. The number of hydrogen-bond donors (Lipinski definition) is 2. The third-order valence-corrected chi connectivity index (χ3v) is 0.754. The van der Waals surface area contributed by atoms with Gasteiger partial charge in [0.25, 0.3) is 0 Å². The lowest BCUT2D eigenvalue weighted by Crippen LogP contribution is -2.37. The molecule has 0 atom stereocenters. The van der Waals surface area contributed by atoms with Crippen LogP contribution < -0.4 is 10.6 Å². The highest BCUT2D eigenvalue weighted by Crippen LogP contribution is 1.65. The zero-order valence-corrected chi connectivity index (χ0v) is 6.14. The van der Waals surface area contributed by atoms with E-state index in [1.54, 1.807) is 0 Å². The number of nitrogens with one attached hydrogen (secondary N) is 2. The van der Waals surface area contributed by atoms with Crippen molar-refractivity contribution in [2.75, 3.05) is 27.7 Å². The van der Waals surface area contributed by atoms with E-state index in [1.807, 2.05) is 0 Å². The van der Waals surface area contributed by atoms with Crippen molar-refractivity contribution in [1.29, 1.82) is 0 Å². The molecule has 0 aromatic heterocycles. The van der Waals surface area contributed by atoms with Crippen molar-refractivity contribution >= 4 is 6.03 Å². The number of urea groups is 1. The Labute approximate surface area is 59.7 Å². The Hall–Kier alpha value is -0.810. The standard InChI is InChI=1S/C5H12N2O3/c1-9-3-6-5(8)7-4-10-2/h3-4H2,1-2H3,(H2,6,7,8). The van der Waals surface area contributed by atoms with Crippen LogP contribution in [0.3, 0.4) is 0 Å². The second-order valence-electron chi connectivity index (χ2n) is 1.55. The Morgan fingerprint density at radius 1 is 1.20 bits per heavy atom. The molecule has 0 aromatic rings. The van der Waals surface area contributed by atoms with Gasteiger partial charge in [0.15, 0.2) is 0 Å². The lowest BCUT2D eigenvalue weighted by Gasteiger charge is -2.04. The molecule has 0 aromatic carbocycles. The average Bonchev–Trinajstić information content (AvgIpc) is 1.97. The molecule has 60 valence electrons. The van der Waals surface area contributed by atoms with E-state index in [9.17, 15) is 4.79 Å². The van der Waals surface area contributed by atoms with Gasteiger partial charge in [0.1, 0.15) is 13.5 Å². The van der Waals surface area contributed by atoms with Crippen LogP contribution >= 0.6 is 0 Å². The molecule has 0 fully saturated rings. The van der Waals surface area contributed by atoms with Gasteiger partial charge >= 0.3 is 6.03 Å². The number of hydrogen-bond acceptors (Lipinski definition) is 3. The van der Waals surface area contributed by atoms with E-state index in [0.29, 0.717) is 0 Å². The van der Waals surface area contributed by atoms with Crippen molar-refractivity contribution in [3.8, 4) is 0 Å². The van der Waals surface area contributed by atoms with Crippen molar-refractivity contribution < 1.29 is 14.3 Å². The molecule has 5 nitrogen and oxygen atoms in total. The van der Waals surface area contributed by atoms with E-state index >= 15 is 0 Å². The lowest BCUT2D eigenvalue weighted by atomic mass is 10.9. The Balaban J connectivity index is 3.09. The van der Waals surface area contributed by atoms with Crippen LogP contribution in [0.1, 0.15) is 0 Å². The largest absolute Gasteiger partial charge is 0.364 e. The van der Waals surface area contributed by atoms with E-state index in [-0.39, 0.29) is 19.5 Å². The topological polar surface area (TPSA) is 59.6 Å². The van der Waals surface area contributed by atoms with Crippen molar-refractivity contribution in [2.45, 2.75) is 0 Å². The van der Waals surface area contributed by atoms with Gasteiger partial charge in [0, 0.05) is 14.2 Å². The Bertz CT molecular complexity index is 86.9. The van der Waals surface area contributed by atoms with Gasteiger partial charge in [-0.1, -0.05) is 0 Å². The maximum Gasteiger partial charge on any atom is 0.318 e. The molecule has 5 heteroatoms. The SMILES string of the molecule is COCNC(=O)NCOC. The number of rotatable bonds is 4.